The third-order valence-corrected chi connectivity index (χ3v) is 5.00. The van der Waals surface area contributed by atoms with Gasteiger partial charge in [0.05, 0.1) is 13.3 Å². The maximum Gasteiger partial charge on any atom is 0.274 e. The van der Waals surface area contributed by atoms with Gasteiger partial charge in [0.2, 0.25) is 5.88 Å². The minimum absolute atomic E-state index is 0.127. The minimum atomic E-state index is -0.127. The number of ether oxygens (including phenoxy) is 1. The molecule has 0 radical (unpaired) electrons. The van der Waals surface area contributed by atoms with Gasteiger partial charge in [-0.25, -0.2) is 0 Å². The van der Waals surface area contributed by atoms with E-state index in [1.807, 2.05) is 25.0 Å². The Morgan fingerprint density at radius 3 is 2.77 bits per heavy atom. The average Bonchev–Trinajstić information content (AvgIpc) is 3.07. The summed E-state index contributed by atoms with van der Waals surface area (Å²) in [7, 11) is 7.42. The number of likely N-dealkylation sites (tertiary alicyclic amines) is 1. The molecule has 1 aliphatic rings. The molecule has 3 rings (SSSR count). The first-order valence-electron chi connectivity index (χ1n) is 8.81. The number of aryl methyl sites for hydroxylation is 1. The van der Waals surface area contributed by atoms with Crippen LogP contribution in [0.4, 0.5) is 0 Å². The van der Waals surface area contributed by atoms with Gasteiger partial charge in [0.25, 0.3) is 5.91 Å². The number of nitrogens with zero attached hydrogens (tertiary/aromatic N) is 6. The molecule has 140 valence electrons. The van der Waals surface area contributed by atoms with Crippen molar-refractivity contribution in [1.29, 1.82) is 0 Å². The Labute approximate surface area is 153 Å². The van der Waals surface area contributed by atoms with Crippen molar-refractivity contribution in [2.45, 2.75) is 18.9 Å². The summed E-state index contributed by atoms with van der Waals surface area (Å²) in [6.07, 6.45) is 6.20. The number of amides is 1. The lowest BCUT2D eigenvalue weighted by molar-refractivity contribution is 0.0639. The lowest BCUT2D eigenvalue weighted by Gasteiger charge is -2.40. The van der Waals surface area contributed by atoms with Gasteiger partial charge in [0.15, 0.2) is 5.69 Å². The predicted molar refractivity (Wildman–Crippen MR) is 96.8 cm³/mol. The van der Waals surface area contributed by atoms with Crippen LogP contribution in [0.25, 0.3) is 0 Å². The first-order valence-corrected chi connectivity index (χ1v) is 8.81. The van der Waals surface area contributed by atoms with Crippen LogP contribution in [0, 0.1) is 5.92 Å². The Bertz CT molecular complexity index is 744. The molecule has 1 aliphatic heterocycles. The van der Waals surface area contributed by atoms with Crippen LogP contribution in [-0.2, 0) is 7.05 Å². The maximum atomic E-state index is 12.7. The standard InChI is InChI=1S/C18H26N6O2/c1-22-9-5-6-13(17(22)14-10-19-24(3)12-14)11-23(2)18(25)15-7-8-16(26-4)21-20-15/h7-8,10,12-13,17H,5-6,9,11H2,1-4H3/t13-,17+/m0/s1. The lowest BCUT2D eigenvalue weighted by atomic mass is 9.85. The van der Waals surface area contributed by atoms with Gasteiger partial charge in [-0.2, -0.15) is 5.10 Å². The number of aromatic nitrogens is 4. The summed E-state index contributed by atoms with van der Waals surface area (Å²) in [5, 5.41) is 12.2. The topological polar surface area (TPSA) is 76.4 Å². The van der Waals surface area contributed by atoms with E-state index < -0.39 is 0 Å². The third-order valence-electron chi connectivity index (χ3n) is 5.00. The Balaban J connectivity index is 1.73. The molecule has 2 aromatic heterocycles. The first kappa shape index (κ1) is 18.3. The van der Waals surface area contributed by atoms with Gasteiger partial charge in [0.1, 0.15) is 0 Å². The Kier molecular flexibility index (Phi) is 5.51. The molecule has 1 fully saturated rings. The van der Waals surface area contributed by atoms with E-state index in [0.29, 0.717) is 24.0 Å². The van der Waals surface area contributed by atoms with Crippen molar-refractivity contribution in [3.05, 3.63) is 35.8 Å². The highest BCUT2D eigenvalue weighted by molar-refractivity contribution is 5.91. The van der Waals surface area contributed by atoms with Crippen molar-refractivity contribution in [2.75, 3.05) is 34.3 Å². The zero-order chi connectivity index (χ0) is 18.7. The largest absolute Gasteiger partial charge is 0.480 e. The molecule has 0 bridgehead atoms. The minimum Gasteiger partial charge on any atom is -0.480 e. The van der Waals surface area contributed by atoms with E-state index in [1.165, 1.54) is 12.7 Å². The average molecular weight is 358 g/mol. The summed E-state index contributed by atoms with van der Waals surface area (Å²) < 4.78 is 6.83. The van der Waals surface area contributed by atoms with Gasteiger partial charge in [-0.3, -0.25) is 14.4 Å². The molecule has 8 nitrogen and oxygen atoms in total. The molecule has 1 amide bonds. The molecule has 26 heavy (non-hydrogen) atoms. The van der Waals surface area contributed by atoms with Crippen molar-refractivity contribution < 1.29 is 9.53 Å². The highest BCUT2D eigenvalue weighted by Gasteiger charge is 2.33. The van der Waals surface area contributed by atoms with Crippen LogP contribution in [0.2, 0.25) is 0 Å². The fraction of sp³-hybridized carbons (Fsp3) is 0.556. The SMILES string of the molecule is COc1ccc(C(=O)N(C)C[C@@H]2CCCN(C)[C@H]2c2cnn(C)c2)nn1. The van der Waals surface area contributed by atoms with Crippen molar-refractivity contribution in [2.24, 2.45) is 13.0 Å². The van der Waals surface area contributed by atoms with E-state index in [-0.39, 0.29) is 11.9 Å². The van der Waals surface area contributed by atoms with Crippen LogP contribution in [0.5, 0.6) is 5.88 Å². The van der Waals surface area contributed by atoms with Crippen molar-refractivity contribution in [1.82, 2.24) is 29.8 Å². The molecule has 0 saturated carbocycles. The molecule has 0 aromatic carbocycles. The third kappa shape index (κ3) is 3.85. The zero-order valence-corrected chi connectivity index (χ0v) is 15.8. The maximum absolute atomic E-state index is 12.7. The van der Waals surface area contributed by atoms with Gasteiger partial charge in [-0.05, 0) is 38.4 Å². The van der Waals surface area contributed by atoms with Crippen LogP contribution >= 0.6 is 0 Å². The molecule has 2 atom stereocenters. The summed E-state index contributed by atoms with van der Waals surface area (Å²) in [6.45, 7) is 1.72. The fourth-order valence-electron chi connectivity index (χ4n) is 3.74. The monoisotopic (exact) mass is 358 g/mol. The van der Waals surface area contributed by atoms with E-state index >= 15 is 0 Å². The quantitative estimate of drug-likeness (QED) is 0.804. The smallest absolute Gasteiger partial charge is 0.274 e. The van der Waals surface area contributed by atoms with E-state index in [0.717, 1.165) is 19.4 Å². The Morgan fingerprint density at radius 1 is 1.35 bits per heavy atom. The molecule has 0 aliphatic carbocycles. The lowest BCUT2D eigenvalue weighted by Crippen LogP contribution is -2.42. The zero-order valence-electron chi connectivity index (χ0n) is 15.8. The van der Waals surface area contributed by atoms with Crippen LogP contribution in [-0.4, -0.2) is 70.0 Å². The second-order valence-corrected chi connectivity index (χ2v) is 6.92. The van der Waals surface area contributed by atoms with Crippen molar-refractivity contribution >= 4 is 5.91 Å². The fourth-order valence-corrected chi connectivity index (χ4v) is 3.74. The molecular weight excluding hydrogens is 332 g/mol. The van der Waals surface area contributed by atoms with Gasteiger partial charge >= 0.3 is 0 Å². The number of rotatable bonds is 5. The highest BCUT2D eigenvalue weighted by Crippen LogP contribution is 2.35. The number of hydrogen-bond donors (Lipinski definition) is 0. The van der Waals surface area contributed by atoms with Gasteiger partial charge in [-0.15, -0.1) is 10.2 Å². The molecule has 0 spiro atoms. The summed E-state index contributed by atoms with van der Waals surface area (Å²) >= 11 is 0. The summed E-state index contributed by atoms with van der Waals surface area (Å²) in [6, 6.07) is 3.56. The van der Waals surface area contributed by atoms with Gasteiger partial charge < -0.3 is 9.64 Å². The molecule has 8 heteroatoms. The summed E-state index contributed by atoms with van der Waals surface area (Å²) in [5.74, 6) is 0.617. The van der Waals surface area contributed by atoms with Crippen molar-refractivity contribution in [3.8, 4) is 5.88 Å². The summed E-state index contributed by atoms with van der Waals surface area (Å²) in [5.41, 5.74) is 1.53. The predicted octanol–water partition coefficient (Wildman–Crippen LogP) is 1.37. The number of hydrogen-bond acceptors (Lipinski definition) is 6. The second-order valence-electron chi connectivity index (χ2n) is 6.92. The molecular formula is C18H26N6O2. The molecule has 1 saturated heterocycles. The van der Waals surface area contributed by atoms with E-state index in [1.54, 1.807) is 17.0 Å². The number of carbonyl (C=O) groups excluding carboxylic acids is 1. The number of carbonyl (C=O) groups is 1. The van der Waals surface area contributed by atoms with Crippen LogP contribution < -0.4 is 4.74 Å². The Morgan fingerprint density at radius 2 is 2.15 bits per heavy atom. The molecule has 2 aromatic rings. The molecule has 3 heterocycles. The molecule has 0 unspecified atom stereocenters. The summed E-state index contributed by atoms with van der Waals surface area (Å²) in [4.78, 5) is 16.8. The van der Waals surface area contributed by atoms with Crippen LogP contribution in [0.3, 0.4) is 0 Å². The van der Waals surface area contributed by atoms with Gasteiger partial charge in [-0.1, -0.05) is 0 Å². The Hall–Kier alpha value is -2.48. The number of piperidine rings is 1. The van der Waals surface area contributed by atoms with E-state index in [4.69, 9.17) is 4.74 Å². The first-order chi connectivity index (χ1) is 12.5. The normalized spacial score (nSPS) is 20.8. The van der Waals surface area contributed by atoms with Crippen molar-refractivity contribution in [3.63, 3.8) is 0 Å². The second kappa shape index (κ2) is 7.82. The van der Waals surface area contributed by atoms with E-state index in [2.05, 4.69) is 33.4 Å². The number of methoxy groups -OCH3 is 1. The van der Waals surface area contributed by atoms with Crippen LogP contribution in [0.15, 0.2) is 24.5 Å². The van der Waals surface area contributed by atoms with Crippen LogP contribution in [0.1, 0.15) is 34.9 Å². The van der Waals surface area contributed by atoms with E-state index in [9.17, 15) is 4.79 Å². The highest BCUT2D eigenvalue weighted by atomic mass is 16.5. The van der Waals surface area contributed by atoms with Gasteiger partial charge in [0, 0.05) is 44.5 Å². The molecule has 0 N–H and O–H groups in total.